The maximum absolute atomic E-state index is 9.31. The number of hydrogen-bond acceptors (Lipinski definition) is 5. The molecule has 23 heavy (non-hydrogen) atoms. The van der Waals surface area contributed by atoms with Crippen LogP contribution < -0.4 is 9.47 Å². The molecule has 0 radical (unpaired) electrons. The lowest BCUT2D eigenvalue weighted by atomic mass is 10.0. The van der Waals surface area contributed by atoms with Gasteiger partial charge in [0.15, 0.2) is 11.5 Å². The Labute approximate surface area is 137 Å². The molecule has 120 valence electrons. The summed E-state index contributed by atoms with van der Waals surface area (Å²) in [5, 5.41) is 18.0. The molecule has 2 aliphatic rings. The van der Waals surface area contributed by atoms with Gasteiger partial charge >= 0.3 is 0 Å². The summed E-state index contributed by atoms with van der Waals surface area (Å²) in [6.45, 7) is 2.93. The molecule has 3 rings (SSSR count). The zero-order valence-corrected chi connectivity index (χ0v) is 13.2. The maximum atomic E-state index is 9.31. The van der Waals surface area contributed by atoms with Crippen molar-refractivity contribution in [1.82, 2.24) is 4.90 Å². The van der Waals surface area contributed by atoms with E-state index in [1.54, 1.807) is 0 Å². The number of ether oxygens (including phenoxy) is 2. The Bertz CT molecular complexity index is 632. The fraction of sp³-hybridized carbons (Fsp3) is 0.556. The summed E-state index contributed by atoms with van der Waals surface area (Å²) in [5.74, 6) is 1.56. The summed E-state index contributed by atoms with van der Waals surface area (Å²) in [4.78, 5) is 2.37. The van der Waals surface area contributed by atoms with Crippen molar-refractivity contribution in [3.8, 4) is 23.6 Å². The van der Waals surface area contributed by atoms with E-state index in [1.807, 2.05) is 6.07 Å². The first kappa shape index (κ1) is 15.6. The second kappa shape index (κ2) is 7.35. The molecule has 0 spiro atoms. The van der Waals surface area contributed by atoms with Crippen LogP contribution in [0.25, 0.3) is 0 Å². The summed E-state index contributed by atoms with van der Waals surface area (Å²) in [5.41, 5.74) is 1.23. The van der Waals surface area contributed by atoms with Crippen molar-refractivity contribution in [1.29, 1.82) is 10.5 Å². The Balaban J connectivity index is 1.71. The number of nitriles is 2. The monoisotopic (exact) mass is 311 g/mol. The third-order valence-corrected chi connectivity index (χ3v) is 4.56. The standard InChI is InChI=1S/C18H21N3O2/c19-7-1-3-14(12-20)13-21-8-2-4-16(21)15-5-6-17-18(11-15)23-10-9-22-17/h5-6,11,14,16H,1-4,8-10,13H2/t14-,16+/m0/s1. The minimum Gasteiger partial charge on any atom is -0.486 e. The van der Waals surface area contributed by atoms with Gasteiger partial charge in [-0.25, -0.2) is 0 Å². The zero-order chi connectivity index (χ0) is 16.1. The lowest BCUT2D eigenvalue weighted by Crippen LogP contribution is -2.29. The Morgan fingerprint density at radius 3 is 2.83 bits per heavy atom. The van der Waals surface area contributed by atoms with Crippen molar-refractivity contribution in [2.75, 3.05) is 26.3 Å². The fourth-order valence-corrected chi connectivity index (χ4v) is 3.41. The van der Waals surface area contributed by atoms with E-state index in [9.17, 15) is 5.26 Å². The van der Waals surface area contributed by atoms with Gasteiger partial charge in [-0.2, -0.15) is 10.5 Å². The normalized spacial score (nSPS) is 21.4. The van der Waals surface area contributed by atoms with E-state index in [0.717, 1.165) is 37.4 Å². The highest BCUT2D eigenvalue weighted by Crippen LogP contribution is 2.38. The van der Waals surface area contributed by atoms with Gasteiger partial charge in [0.1, 0.15) is 13.2 Å². The van der Waals surface area contributed by atoms with E-state index in [4.69, 9.17) is 14.7 Å². The van der Waals surface area contributed by atoms with E-state index in [-0.39, 0.29) is 5.92 Å². The second-order valence-electron chi connectivity index (χ2n) is 6.08. The van der Waals surface area contributed by atoms with Gasteiger partial charge < -0.3 is 9.47 Å². The molecule has 0 saturated carbocycles. The van der Waals surface area contributed by atoms with Crippen molar-refractivity contribution in [3.63, 3.8) is 0 Å². The van der Waals surface area contributed by atoms with Crippen LogP contribution >= 0.6 is 0 Å². The molecule has 0 amide bonds. The van der Waals surface area contributed by atoms with Crippen LogP contribution in [0, 0.1) is 28.6 Å². The Hall–Kier alpha value is -2.24. The Morgan fingerprint density at radius 2 is 2.04 bits per heavy atom. The summed E-state index contributed by atoms with van der Waals surface area (Å²) < 4.78 is 11.3. The van der Waals surface area contributed by atoms with Gasteiger partial charge in [0.05, 0.1) is 18.1 Å². The highest BCUT2D eigenvalue weighted by atomic mass is 16.6. The van der Waals surface area contributed by atoms with Crippen LogP contribution in [0.4, 0.5) is 0 Å². The van der Waals surface area contributed by atoms with Crippen LogP contribution in [0.5, 0.6) is 11.5 Å². The van der Waals surface area contributed by atoms with Crippen molar-refractivity contribution in [3.05, 3.63) is 23.8 Å². The third kappa shape index (κ3) is 3.57. The van der Waals surface area contributed by atoms with Crippen molar-refractivity contribution < 1.29 is 9.47 Å². The molecule has 0 aromatic heterocycles. The van der Waals surface area contributed by atoms with E-state index in [0.29, 0.717) is 32.1 Å². The lowest BCUT2D eigenvalue weighted by molar-refractivity contribution is 0.170. The zero-order valence-electron chi connectivity index (χ0n) is 13.2. The Morgan fingerprint density at radius 1 is 1.22 bits per heavy atom. The molecule has 2 atom stereocenters. The van der Waals surface area contributed by atoms with Crippen LogP contribution in [0.15, 0.2) is 18.2 Å². The van der Waals surface area contributed by atoms with Crippen LogP contribution in [0.3, 0.4) is 0 Å². The average Bonchev–Trinajstić information content (AvgIpc) is 3.06. The molecule has 5 heteroatoms. The molecule has 1 fully saturated rings. The van der Waals surface area contributed by atoms with Crippen molar-refractivity contribution in [2.45, 2.75) is 31.7 Å². The molecule has 2 heterocycles. The van der Waals surface area contributed by atoms with Gasteiger partial charge in [0.25, 0.3) is 0 Å². The van der Waals surface area contributed by atoms with E-state index >= 15 is 0 Å². The number of benzene rings is 1. The fourth-order valence-electron chi connectivity index (χ4n) is 3.41. The highest BCUT2D eigenvalue weighted by Gasteiger charge is 2.29. The average molecular weight is 311 g/mol. The topological polar surface area (TPSA) is 69.3 Å². The number of hydrogen-bond donors (Lipinski definition) is 0. The SMILES string of the molecule is N#CCC[C@@H](C#N)CN1CCC[C@@H]1c1ccc2c(c1)OCCO2. The summed E-state index contributed by atoms with van der Waals surface area (Å²) in [6.07, 6.45) is 3.32. The molecule has 0 N–H and O–H groups in total. The molecule has 5 nitrogen and oxygen atoms in total. The van der Waals surface area contributed by atoms with Gasteiger partial charge in [-0.05, 0) is 43.5 Å². The lowest BCUT2D eigenvalue weighted by Gasteiger charge is -2.27. The maximum Gasteiger partial charge on any atom is 0.161 e. The van der Waals surface area contributed by atoms with Crippen LogP contribution in [0.1, 0.15) is 37.3 Å². The third-order valence-electron chi connectivity index (χ3n) is 4.56. The highest BCUT2D eigenvalue weighted by molar-refractivity contribution is 5.44. The van der Waals surface area contributed by atoms with E-state index < -0.39 is 0 Å². The molecule has 0 unspecified atom stereocenters. The first-order valence-electron chi connectivity index (χ1n) is 8.22. The van der Waals surface area contributed by atoms with E-state index in [1.165, 1.54) is 5.56 Å². The largest absolute Gasteiger partial charge is 0.486 e. The minimum absolute atomic E-state index is 0.0764. The summed E-state index contributed by atoms with van der Waals surface area (Å²) >= 11 is 0. The predicted molar refractivity (Wildman–Crippen MR) is 84.9 cm³/mol. The van der Waals surface area contributed by atoms with Crippen molar-refractivity contribution >= 4 is 0 Å². The number of nitrogens with zero attached hydrogens (tertiary/aromatic N) is 3. The summed E-state index contributed by atoms with van der Waals surface area (Å²) in [6, 6.07) is 11.0. The second-order valence-corrected chi connectivity index (χ2v) is 6.08. The van der Waals surface area contributed by atoms with Gasteiger partial charge in [-0.15, -0.1) is 0 Å². The number of rotatable bonds is 5. The number of likely N-dealkylation sites (tertiary alicyclic amines) is 1. The van der Waals surface area contributed by atoms with Gasteiger partial charge in [-0.3, -0.25) is 4.90 Å². The van der Waals surface area contributed by atoms with Gasteiger partial charge in [-0.1, -0.05) is 6.07 Å². The molecule has 2 aliphatic heterocycles. The molecule has 0 aliphatic carbocycles. The smallest absolute Gasteiger partial charge is 0.161 e. The molecule has 1 saturated heterocycles. The quantitative estimate of drug-likeness (QED) is 0.836. The first-order chi connectivity index (χ1) is 11.3. The molecule has 1 aromatic carbocycles. The predicted octanol–water partition coefficient (Wildman–Crippen LogP) is 3.04. The van der Waals surface area contributed by atoms with Crippen LogP contribution in [-0.4, -0.2) is 31.2 Å². The van der Waals surface area contributed by atoms with Gasteiger partial charge in [0, 0.05) is 19.0 Å². The Kier molecular flexibility index (Phi) is 5.00. The van der Waals surface area contributed by atoms with E-state index in [2.05, 4.69) is 29.2 Å². The van der Waals surface area contributed by atoms with Crippen molar-refractivity contribution in [2.24, 2.45) is 5.92 Å². The number of fused-ring (bicyclic) bond motifs is 1. The minimum atomic E-state index is -0.0764. The van der Waals surface area contributed by atoms with Crippen LogP contribution in [0.2, 0.25) is 0 Å². The molecular formula is C18H21N3O2. The summed E-state index contributed by atoms with van der Waals surface area (Å²) in [7, 11) is 0. The van der Waals surface area contributed by atoms with Crippen LogP contribution in [-0.2, 0) is 0 Å². The molecule has 0 bridgehead atoms. The molecule has 1 aromatic rings. The van der Waals surface area contributed by atoms with Gasteiger partial charge in [0.2, 0.25) is 0 Å². The first-order valence-corrected chi connectivity index (χ1v) is 8.22. The molecular weight excluding hydrogens is 290 g/mol.